The molecule has 0 aromatic carbocycles. The number of carbonyl (C=O) groups is 1. The van der Waals surface area contributed by atoms with E-state index in [9.17, 15) is 4.79 Å². The highest BCUT2D eigenvalue weighted by Gasteiger charge is 2.13. The van der Waals surface area contributed by atoms with Gasteiger partial charge in [-0.25, -0.2) is 0 Å². The maximum Gasteiger partial charge on any atom is 0.224 e. The summed E-state index contributed by atoms with van der Waals surface area (Å²) in [6, 6.07) is 0. The van der Waals surface area contributed by atoms with Crippen LogP contribution in [0.25, 0.3) is 0 Å². The smallest absolute Gasteiger partial charge is 0.224 e. The van der Waals surface area contributed by atoms with E-state index in [0.29, 0.717) is 0 Å². The van der Waals surface area contributed by atoms with Crippen molar-refractivity contribution in [2.24, 2.45) is 5.92 Å². The molecule has 0 unspecified atom stereocenters. The maximum atomic E-state index is 11.4. The average Bonchev–Trinajstić information content (AvgIpc) is 2.10. The zero-order valence-corrected chi connectivity index (χ0v) is 9.47. The molecule has 13 heavy (non-hydrogen) atoms. The van der Waals surface area contributed by atoms with Crippen molar-refractivity contribution in [3.05, 3.63) is 0 Å². The Morgan fingerprint density at radius 1 is 1.23 bits per heavy atom. The van der Waals surface area contributed by atoms with Gasteiger partial charge in [-0.2, -0.15) is 0 Å². The maximum absolute atomic E-state index is 11.4. The van der Waals surface area contributed by atoms with Crippen LogP contribution in [0.2, 0.25) is 0 Å². The van der Waals surface area contributed by atoms with Crippen molar-refractivity contribution in [2.45, 2.75) is 46.0 Å². The fourth-order valence-electron chi connectivity index (χ4n) is 1.44. The van der Waals surface area contributed by atoms with Gasteiger partial charge < -0.3 is 4.90 Å². The number of nitrogens with zero attached hydrogens (tertiary/aromatic N) is 1. The summed E-state index contributed by atoms with van der Waals surface area (Å²) in [4.78, 5) is 13.1. The lowest BCUT2D eigenvalue weighted by atomic mass is 10.0. The van der Waals surface area contributed by atoms with Crippen LogP contribution in [-0.2, 0) is 4.79 Å². The molecule has 0 aliphatic rings. The predicted molar refractivity (Wildman–Crippen MR) is 56.6 cm³/mol. The fourth-order valence-corrected chi connectivity index (χ4v) is 1.44. The lowest BCUT2D eigenvalue weighted by molar-refractivity contribution is -0.132. The van der Waals surface area contributed by atoms with Crippen LogP contribution in [0.5, 0.6) is 0 Å². The highest BCUT2D eigenvalue weighted by molar-refractivity contribution is 5.77. The fraction of sp³-hybridized carbons (Fsp3) is 0.909. The van der Waals surface area contributed by atoms with E-state index in [4.69, 9.17) is 0 Å². The van der Waals surface area contributed by atoms with Crippen molar-refractivity contribution >= 4 is 5.91 Å². The van der Waals surface area contributed by atoms with Gasteiger partial charge in [-0.15, -0.1) is 0 Å². The second kappa shape index (κ2) is 6.93. The largest absolute Gasteiger partial charge is 0.349 e. The van der Waals surface area contributed by atoms with Crippen LogP contribution in [0.15, 0.2) is 0 Å². The summed E-state index contributed by atoms with van der Waals surface area (Å²) < 4.78 is 0. The molecule has 0 spiro atoms. The van der Waals surface area contributed by atoms with Gasteiger partial charge in [0, 0.05) is 20.0 Å². The highest BCUT2D eigenvalue weighted by Crippen LogP contribution is 2.11. The van der Waals surface area contributed by atoms with Crippen LogP contribution >= 0.6 is 0 Å². The van der Waals surface area contributed by atoms with E-state index in [-0.39, 0.29) is 11.8 Å². The summed E-state index contributed by atoms with van der Waals surface area (Å²) in [5, 5.41) is 0. The number of rotatable bonds is 6. The van der Waals surface area contributed by atoms with E-state index < -0.39 is 0 Å². The molecule has 0 radical (unpaired) electrons. The first kappa shape index (κ1) is 12.5. The van der Waals surface area contributed by atoms with Crippen molar-refractivity contribution in [3.63, 3.8) is 0 Å². The van der Waals surface area contributed by atoms with Gasteiger partial charge in [0.15, 0.2) is 0 Å². The third-order valence-corrected chi connectivity index (χ3v) is 2.35. The molecule has 78 valence electrons. The highest BCUT2D eigenvalue weighted by atomic mass is 16.2. The predicted octanol–water partition coefficient (Wildman–Crippen LogP) is 2.68. The number of hydrogen-bond acceptors (Lipinski definition) is 1. The summed E-state index contributed by atoms with van der Waals surface area (Å²) in [5.41, 5.74) is 0. The second-order valence-electron chi connectivity index (χ2n) is 3.98. The first-order valence-electron chi connectivity index (χ1n) is 5.30. The van der Waals surface area contributed by atoms with E-state index >= 15 is 0 Å². The Labute approximate surface area is 82.3 Å². The van der Waals surface area contributed by atoms with Crippen molar-refractivity contribution in [3.8, 4) is 0 Å². The van der Waals surface area contributed by atoms with Crippen LogP contribution in [0, 0.1) is 5.92 Å². The molecule has 0 saturated carbocycles. The summed E-state index contributed by atoms with van der Waals surface area (Å²) in [6.07, 6.45) is 6.05. The minimum absolute atomic E-state index is 0.201. The number of amides is 1. The Kier molecular flexibility index (Phi) is 6.65. The molecule has 0 heterocycles. The lowest BCUT2D eigenvalue weighted by Crippen LogP contribution is -2.27. The van der Waals surface area contributed by atoms with Crippen LogP contribution in [0.1, 0.15) is 46.0 Å². The first-order valence-corrected chi connectivity index (χ1v) is 5.30. The number of hydrogen-bond donors (Lipinski definition) is 0. The van der Waals surface area contributed by atoms with Gasteiger partial charge in [-0.3, -0.25) is 4.79 Å². The molecule has 0 saturated heterocycles. The Morgan fingerprint density at radius 2 is 1.85 bits per heavy atom. The third kappa shape index (κ3) is 5.67. The van der Waals surface area contributed by atoms with Gasteiger partial charge in [0.05, 0.1) is 0 Å². The molecule has 0 aromatic rings. The summed E-state index contributed by atoms with van der Waals surface area (Å²) in [6.45, 7) is 4.22. The molecule has 0 aromatic heterocycles. The molecule has 1 amide bonds. The van der Waals surface area contributed by atoms with Crippen molar-refractivity contribution in [1.29, 1.82) is 0 Å². The Balaban J connectivity index is 3.50. The molecule has 0 aliphatic heterocycles. The van der Waals surface area contributed by atoms with Crippen LogP contribution in [0.4, 0.5) is 0 Å². The Bertz CT molecular complexity index is 143. The van der Waals surface area contributed by atoms with Crippen LogP contribution in [0.3, 0.4) is 0 Å². The summed E-state index contributed by atoms with van der Waals surface area (Å²) in [5.74, 6) is 0.461. The van der Waals surface area contributed by atoms with E-state index in [2.05, 4.69) is 6.92 Å². The van der Waals surface area contributed by atoms with Crippen molar-refractivity contribution in [1.82, 2.24) is 4.90 Å². The monoisotopic (exact) mass is 185 g/mol. The minimum atomic E-state index is 0.201. The lowest BCUT2D eigenvalue weighted by Gasteiger charge is -2.16. The molecule has 0 rings (SSSR count). The van der Waals surface area contributed by atoms with Gasteiger partial charge in [-0.1, -0.05) is 39.5 Å². The molecular weight excluding hydrogens is 162 g/mol. The van der Waals surface area contributed by atoms with Crippen molar-refractivity contribution < 1.29 is 4.79 Å². The van der Waals surface area contributed by atoms with E-state index in [0.717, 1.165) is 6.42 Å². The first-order chi connectivity index (χ1) is 6.09. The summed E-state index contributed by atoms with van der Waals surface area (Å²) in [7, 11) is 3.65. The average molecular weight is 185 g/mol. The molecule has 0 aliphatic carbocycles. The minimum Gasteiger partial charge on any atom is -0.349 e. The van der Waals surface area contributed by atoms with Crippen molar-refractivity contribution in [2.75, 3.05) is 14.1 Å². The van der Waals surface area contributed by atoms with Crippen LogP contribution in [-0.4, -0.2) is 24.9 Å². The van der Waals surface area contributed by atoms with Crippen LogP contribution < -0.4 is 0 Å². The van der Waals surface area contributed by atoms with Gasteiger partial charge in [-0.05, 0) is 6.42 Å². The quantitative estimate of drug-likeness (QED) is 0.583. The normalized spacial score (nSPS) is 12.6. The Morgan fingerprint density at radius 3 is 2.31 bits per heavy atom. The van der Waals surface area contributed by atoms with E-state index in [1.807, 2.05) is 21.0 Å². The van der Waals surface area contributed by atoms with E-state index in [1.165, 1.54) is 25.7 Å². The molecule has 1 atom stereocenters. The molecule has 0 bridgehead atoms. The molecular formula is C11H23NO. The Hall–Kier alpha value is -0.530. The molecule has 0 N–H and O–H groups in total. The second-order valence-corrected chi connectivity index (χ2v) is 3.98. The van der Waals surface area contributed by atoms with Gasteiger partial charge >= 0.3 is 0 Å². The zero-order chi connectivity index (χ0) is 10.3. The molecule has 2 nitrogen and oxygen atoms in total. The third-order valence-electron chi connectivity index (χ3n) is 2.35. The van der Waals surface area contributed by atoms with E-state index in [1.54, 1.807) is 4.90 Å². The number of carbonyl (C=O) groups excluding carboxylic acids is 1. The van der Waals surface area contributed by atoms with Gasteiger partial charge in [0.25, 0.3) is 0 Å². The van der Waals surface area contributed by atoms with Gasteiger partial charge in [0.1, 0.15) is 0 Å². The van der Waals surface area contributed by atoms with Gasteiger partial charge in [0.2, 0.25) is 5.91 Å². The zero-order valence-electron chi connectivity index (χ0n) is 9.47. The summed E-state index contributed by atoms with van der Waals surface area (Å²) >= 11 is 0. The standard InChI is InChI=1S/C11H23NO/c1-5-6-7-8-9-10(2)11(13)12(3)4/h10H,5-9H2,1-4H3/t10-/m0/s1. The SMILES string of the molecule is CCCCCC[C@H](C)C(=O)N(C)C. The number of unbranched alkanes of at least 4 members (excludes halogenated alkanes) is 3. The topological polar surface area (TPSA) is 20.3 Å². The molecule has 0 fully saturated rings. The molecule has 2 heteroatoms.